The molecule has 0 unspecified atom stereocenters. The van der Waals surface area contributed by atoms with Crippen LogP contribution in [0.15, 0.2) is 52.3 Å². The highest BCUT2D eigenvalue weighted by Crippen LogP contribution is 2.07. The molecule has 3 nitrogen and oxygen atoms in total. The van der Waals surface area contributed by atoms with Gasteiger partial charge in [-0.05, 0) is 54.4 Å². The number of nitrogens with zero attached hydrogens (tertiary/aromatic N) is 2. The van der Waals surface area contributed by atoms with Crippen LogP contribution in [-0.2, 0) is 0 Å². The molecule has 0 saturated heterocycles. The Labute approximate surface area is 116 Å². The summed E-state index contributed by atoms with van der Waals surface area (Å²) in [6, 6.07) is 7.69. The Hall–Kier alpha value is -1.94. The molecule has 0 amide bonds. The van der Waals surface area contributed by atoms with Crippen LogP contribution in [0.5, 0.6) is 0 Å². The standard InChI is InChI=1S/C15H16N2OS/c1-12(2)16-14-5-3-4-9-17(14)15(18)7-6-13-8-10-19-11-13/h3-12H,1-2H3/b7-6+,16-14?. The molecule has 2 aromatic heterocycles. The van der Waals surface area contributed by atoms with Crippen molar-refractivity contribution in [1.82, 2.24) is 4.57 Å². The predicted octanol–water partition coefficient (Wildman–Crippen LogP) is 3.21. The van der Waals surface area contributed by atoms with Crippen LogP contribution < -0.4 is 5.49 Å². The van der Waals surface area contributed by atoms with Crippen LogP contribution in [0.25, 0.3) is 6.08 Å². The Bertz CT molecular complexity index is 636. The third-order valence-electron chi connectivity index (χ3n) is 2.43. The fourth-order valence-corrected chi connectivity index (χ4v) is 2.24. The highest BCUT2D eigenvalue weighted by atomic mass is 32.1. The van der Waals surface area contributed by atoms with E-state index in [4.69, 9.17) is 0 Å². The molecular weight excluding hydrogens is 256 g/mol. The van der Waals surface area contributed by atoms with Gasteiger partial charge in [0.1, 0.15) is 5.49 Å². The van der Waals surface area contributed by atoms with E-state index in [1.54, 1.807) is 28.2 Å². The van der Waals surface area contributed by atoms with Crippen LogP contribution in [0.3, 0.4) is 0 Å². The van der Waals surface area contributed by atoms with Crippen molar-refractivity contribution in [3.8, 4) is 0 Å². The second kappa shape index (κ2) is 6.29. The van der Waals surface area contributed by atoms with Crippen LogP contribution in [-0.4, -0.2) is 16.5 Å². The van der Waals surface area contributed by atoms with Crippen LogP contribution in [0.2, 0.25) is 0 Å². The fraction of sp³-hybridized carbons (Fsp3) is 0.200. The lowest BCUT2D eigenvalue weighted by atomic mass is 10.3. The molecule has 0 fully saturated rings. The van der Waals surface area contributed by atoms with Crippen molar-refractivity contribution in [3.63, 3.8) is 0 Å². The molecule has 0 aliphatic carbocycles. The fourth-order valence-electron chi connectivity index (χ4n) is 1.61. The van der Waals surface area contributed by atoms with Gasteiger partial charge in [-0.25, -0.2) is 0 Å². The SMILES string of the molecule is CC(C)N=c1ccccn1C(=O)/C=C/c1ccsc1. The smallest absolute Gasteiger partial charge is 0.256 e. The molecule has 0 saturated carbocycles. The number of pyridine rings is 1. The van der Waals surface area contributed by atoms with Gasteiger partial charge in [-0.1, -0.05) is 6.07 Å². The highest BCUT2D eigenvalue weighted by molar-refractivity contribution is 7.08. The van der Waals surface area contributed by atoms with Gasteiger partial charge in [0.05, 0.1) is 0 Å². The van der Waals surface area contributed by atoms with Gasteiger partial charge in [0.25, 0.3) is 5.91 Å². The third kappa shape index (κ3) is 3.76. The van der Waals surface area contributed by atoms with E-state index >= 15 is 0 Å². The van der Waals surface area contributed by atoms with Crippen molar-refractivity contribution in [3.05, 3.63) is 58.3 Å². The maximum atomic E-state index is 12.2. The lowest BCUT2D eigenvalue weighted by Gasteiger charge is -2.03. The molecule has 0 N–H and O–H groups in total. The molecule has 2 rings (SSSR count). The quantitative estimate of drug-likeness (QED) is 0.790. The third-order valence-corrected chi connectivity index (χ3v) is 3.13. The lowest BCUT2D eigenvalue weighted by Crippen LogP contribution is -2.26. The predicted molar refractivity (Wildman–Crippen MR) is 79.1 cm³/mol. The van der Waals surface area contributed by atoms with E-state index < -0.39 is 0 Å². The first-order chi connectivity index (χ1) is 9.16. The second-order valence-corrected chi connectivity index (χ2v) is 5.16. The molecular formula is C15H16N2OS. The van der Waals surface area contributed by atoms with E-state index in [0.29, 0.717) is 5.49 Å². The zero-order valence-electron chi connectivity index (χ0n) is 11.0. The molecule has 4 heteroatoms. The van der Waals surface area contributed by atoms with Crippen molar-refractivity contribution in [2.45, 2.75) is 19.9 Å². The molecule has 0 aliphatic heterocycles. The topological polar surface area (TPSA) is 34.4 Å². The minimum Gasteiger partial charge on any atom is -0.269 e. The van der Waals surface area contributed by atoms with Gasteiger partial charge in [0.2, 0.25) is 0 Å². The second-order valence-electron chi connectivity index (χ2n) is 4.38. The molecule has 2 heterocycles. The Balaban J connectivity index is 2.29. The number of carbonyl (C=O) groups excluding carboxylic acids is 1. The summed E-state index contributed by atoms with van der Waals surface area (Å²) in [6.45, 7) is 3.98. The van der Waals surface area contributed by atoms with Crippen molar-refractivity contribution in [2.24, 2.45) is 4.99 Å². The Morgan fingerprint density at radius 2 is 2.21 bits per heavy atom. The molecule has 19 heavy (non-hydrogen) atoms. The number of hydrogen-bond acceptors (Lipinski definition) is 3. The van der Waals surface area contributed by atoms with Gasteiger partial charge >= 0.3 is 0 Å². The van der Waals surface area contributed by atoms with Gasteiger partial charge < -0.3 is 0 Å². The minimum atomic E-state index is -0.0915. The Kier molecular flexibility index (Phi) is 4.47. The monoisotopic (exact) mass is 272 g/mol. The number of hydrogen-bond donors (Lipinski definition) is 0. The molecule has 0 radical (unpaired) electrons. The lowest BCUT2D eigenvalue weighted by molar-refractivity contribution is 0.0964. The number of rotatable bonds is 3. The summed E-state index contributed by atoms with van der Waals surface area (Å²) in [5, 5.41) is 3.98. The average molecular weight is 272 g/mol. The molecule has 0 aromatic carbocycles. The number of allylic oxidation sites excluding steroid dienone is 1. The first-order valence-corrected chi connectivity index (χ1v) is 7.07. The summed E-state index contributed by atoms with van der Waals surface area (Å²) in [5.41, 5.74) is 1.72. The molecule has 0 bridgehead atoms. The molecule has 2 aromatic rings. The van der Waals surface area contributed by atoms with Gasteiger partial charge in [0, 0.05) is 18.3 Å². The number of thiophene rings is 1. The summed E-state index contributed by atoms with van der Waals surface area (Å²) in [6.07, 6.45) is 5.13. The molecule has 0 spiro atoms. The van der Waals surface area contributed by atoms with Crippen LogP contribution in [0, 0.1) is 0 Å². The first-order valence-electron chi connectivity index (χ1n) is 6.13. The summed E-state index contributed by atoms with van der Waals surface area (Å²) < 4.78 is 1.56. The van der Waals surface area contributed by atoms with Gasteiger partial charge in [-0.15, -0.1) is 0 Å². The average Bonchev–Trinajstić information content (AvgIpc) is 2.89. The summed E-state index contributed by atoms with van der Waals surface area (Å²) in [4.78, 5) is 16.6. The van der Waals surface area contributed by atoms with Crippen molar-refractivity contribution >= 4 is 23.3 Å². The van der Waals surface area contributed by atoms with Crippen molar-refractivity contribution in [1.29, 1.82) is 0 Å². The van der Waals surface area contributed by atoms with E-state index in [0.717, 1.165) is 5.56 Å². The minimum absolute atomic E-state index is 0.0915. The summed E-state index contributed by atoms with van der Waals surface area (Å²) in [7, 11) is 0. The van der Waals surface area contributed by atoms with Crippen molar-refractivity contribution in [2.75, 3.05) is 0 Å². The van der Waals surface area contributed by atoms with Crippen molar-refractivity contribution < 1.29 is 4.79 Å². The van der Waals surface area contributed by atoms with Crippen LogP contribution in [0.1, 0.15) is 24.2 Å². The largest absolute Gasteiger partial charge is 0.269 e. The molecule has 98 valence electrons. The maximum Gasteiger partial charge on any atom is 0.256 e. The van der Waals surface area contributed by atoms with E-state index in [2.05, 4.69) is 4.99 Å². The maximum absolute atomic E-state index is 12.2. The number of aromatic nitrogens is 1. The molecule has 0 atom stereocenters. The highest BCUT2D eigenvalue weighted by Gasteiger charge is 2.01. The van der Waals surface area contributed by atoms with E-state index in [9.17, 15) is 4.79 Å². The van der Waals surface area contributed by atoms with E-state index in [1.165, 1.54) is 0 Å². The number of carbonyl (C=O) groups is 1. The van der Waals surface area contributed by atoms with Crippen LogP contribution in [0.4, 0.5) is 0 Å². The van der Waals surface area contributed by atoms with Gasteiger partial charge in [-0.2, -0.15) is 11.3 Å². The van der Waals surface area contributed by atoms with Gasteiger partial charge in [-0.3, -0.25) is 14.4 Å². The van der Waals surface area contributed by atoms with Gasteiger partial charge in [0.15, 0.2) is 0 Å². The molecule has 0 aliphatic rings. The Morgan fingerprint density at radius 3 is 2.89 bits per heavy atom. The van der Waals surface area contributed by atoms with E-state index in [-0.39, 0.29) is 11.9 Å². The van der Waals surface area contributed by atoms with Crippen LogP contribution >= 0.6 is 11.3 Å². The zero-order chi connectivity index (χ0) is 13.7. The van der Waals surface area contributed by atoms with E-state index in [1.807, 2.05) is 54.9 Å². The zero-order valence-corrected chi connectivity index (χ0v) is 11.8. The first kappa shape index (κ1) is 13.5. The Morgan fingerprint density at radius 1 is 1.37 bits per heavy atom. The summed E-state index contributed by atoms with van der Waals surface area (Å²) >= 11 is 1.61. The normalized spacial score (nSPS) is 12.5. The summed E-state index contributed by atoms with van der Waals surface area (Å²) in [5.74, 6) is -0.0915.